The van der Waals surface area contributed by atoms with Gasteiger partial charge >= 0.3 is 0 Å². The van der Waals surface area contributed by atoms with Gasteiger partial charge < -0.3 is 4.57 Å². The van der Waals surface area contributed by atoms with Gasteiger partial charge in [0.1, 0.15) is 12.2 Å². The monoisotopic (exact) mass is 242 g/mol. The van der Waals surface area contributed by atoms with Crippen molar-refractivity contribution in [2.75, 3.05) is 7.05 Å². The first-order valence-corrected chi connectivity index (χ1v) is 4.56. The van der Waals surface area contributed by atoms with Gasteiger partial charge in [0.2, 0.25) is 5.91 Å². The highest BCUT2D eigenvalue weighted by Gasteiger charge is 2.28. The summed E-state index contributed by atoms with van der Waals surface area (Å²) in [5, 5.41) is 0. The molecule has 2 rings (SSSR count). The third-order valence-corrected chi connectivity index (χ3v) is 2.81. The molecular formula is C8H7BrN2O2. The van der Waals surface area contributed by atoms with E-state index in [1.54, 1.807) is 16.7 Å². The number of hydrogen-bond acceptors (Lipinski definition) is 2. The van der Waals surface area contributed by atoms with Crippen molar-refractivity contribution in [1.29, 1.82) is 0 Å². The van der Waals surface area contributed by atoms with Crippen LogP contribution in [0.15, 0.2) is 16.7 Å². The van der Waals surface area contributed by atoms with Crippen LogP contribution in [-0.4, -0.2) is 28.3 Å². The van der Waals surface area contributed by atoms with E-state index in [0.717, 1.165) is 9.50 Å². The number of aromatic nitrogens is 1. The number of nitrogens with zero attached hydrogens (tertiary/aromatic N) is 2. The van der Waals surface area contributed by atoms with Crippen LogP contribution in [0.1, 0.15) is 10.5 Å². The smallest absolute Gasteiger partial charge is 0.276 e. The normalized spacial score (nSPS) is 16.3. The maximum Gasteiger partial charge on any atom is 0.276 e. The first-order chi connectivity index (χ1) is 6.11. The lowest BCUT2D eigenvalue weighted by atomic mass is 10.3. The summed E-state index contributed by atoms with van der Waals surface area (Å²) in [7, 11) is 1.50. The van der Waals surface area contributed by atoms with E-state index >= 15 is 0 Å². The van der Waals surface area contributed by atoms with Crippen molar-refractivity contribution in [1.82, 2.24) is 9.47 Å². The Bertz CT molecular complexity index is 397. The van der Waals surface area contributed by atoms with E-state index in [1.165, 1.54) is 7.05 Å². The fourth-order valence-corrected chi connectivity index (χ4v) is 1.77. The molecule has 1 aliphatic rings. The maximum atomic E-state index is 11.5. The van der Waals surface area contributed by atoms with Crippen LogP contribution in [-0.2, 0) is 11.3 Å². The average Bonchev–Trinajstić information content (AvgIpc) is 2.45. The van der Waals surface area contributed by atoms with Gasteiger partial charge in [-0.1, -0.05) is 0 Å². The summed E-state index contributed by atoms with van der Waals surface area (Å²) < 4.78 is 2.42. The molecule has 0 aliphatic carbocycles. The number of hydrogen-bond donors (Lipinski definition) is 0. The van der Waals surface area contributed by atoms with Gasteiger partial charge in [-0.25, -0.2) is 0 Å². The van der Waals surface area contributed by atoms with Crippen molar-refractivity contribution in [3.63, 3.8) is 0 Å². The van der Waals surface area contributed by atoms with E-state index < -0.39 is 0 Å². The summed E-state index contributed by atoms with van der Waals surface area (Å²) in [4.78, 5) is 23.9. The molecule has 0 fully saturated rings. The van der Waals surface area contributed by atoms with Crippen LogP contribution in [0, 0.1) is 0 Å². The van der Waals surface area contributed by atoms with E-state index in [-0.39, 0.29) is 18.4 Å². The third kappa shape index (κ3) is 1.11. The number of carbonyl (C=O) groups is 2. The molecule has 0 spiro atoms. The van der Waals surface area contributed by atoms with Crippen molar-refractivity contribution in [2.45, 2.75) is 6.54 Å². The molecule has 0 N–H and O–H groups in total. The number of fused-ring (bicyclic) bond motifs is 1. The first-order valence-electron chi connectivity index (χ1n) is 3.77. The molecule has 0 radical (unpaired) electrons. The lowest BCUT2D eigenvalue weighted by Gasteiger charge is -2.23. The molecule has 1 aromatic heterocycles. The summed E-state index contributed by atoms with van der Waals surface area (Å²) in [6.07, 6.45) is 0. The van der Waals surface area contributed by atoms with Crippen LogP contribution in [0.5, 0.6) is 0 Å². The third-order valence-electron chi connectivity index (χ3n) is 2.12. The predicted molar refractivity (Wildman–Crippen MR) is 49.2 cm³/mol. The Hall–Kier alpha value is -1.10. The topological polar surface area (TPSA) is 42.3 Å². The molecular weight excluding hydrogens is 236 g/mol. The van der Waals surface area contributed by atoms with E-state index in [9.17, 15) is 9.59 Å². The molecule has 2 heterocycles. The summed E-state index contributed by atoms with van der Waals surface area (Å²) in [5.41, 5.74) is 0.550. The van der Waals surface area contributed by atoms with Crippen LogP contribution < -0.4 is 0 Å². The number of carbonyl (C=O) groups excluding carboxylic acids is 2. The molecule has 68 valence electrons. The van der Waals surface area contributed by atoms with Gasteiger partial charge in [0.15, 0.2) is 0 Å². The summed E-state index contributed by atoms with van der Waals surface area (Å²) in [5.74, 6) is -0.434. The fraction of sp³-hybridized carbons (Fsp3) is 0.250. The Balaban J connectivity index is 2.57. The summed E-state index contributed by atoms with van der Waals surface area (Å²) in [6, 6.07) is 3.47. The minimum Gasteiger partial charge on any atom is -0.322 e. The summed E-state index contributed by atoms with van der Waals surface area (Å²) in [6.45, 7) is 0.227. The standard InChI is InChI=1S/C8H7BrN2O2/c1-10-7(12)4-11-5(8(10)13)2-3-6(11)9/h2-3H,4H2,1H3. The molecule has 0 bridgehead atoms. The van der Waals surface area contributed by atoms with E-state index in [0.29, 0.717) is 5.69 Å². The van der Waals surface area contributed by atoms with Crippen molar-refractivity contribution in [3.8, 4) is 0 Å². The van der Waals surface area contributed by atoms with Gasteiger partial charge in [-0.3, -0.25) is 14.5 Å². The number of likely N-dealkylation sites (N-methyl/N-ethyl adjacent to an activating group) is 1. The van der Waals surface area contributed by atoms with Gasteiger partial charge in [0.05, 0.1) is 4.60 Å². The Labute approximate surface area is 83.3 Å². The Morgan fingerprint density at radius 1 is 1.38 bits per heavy atom. The molecule has 5 heteroatoms. The Kier molecular flexibility index (Phi) is 1.76. The SMILES string of the molecule is CN1C(=O)Cn2c(Br)ccc2C1=O. The van der Waals surface area contributed by atoms with Crippen LogP contribution in [0.3, 0.4) is 0 Å². The zero-order chi connectivity index (χ0) is 9.59. The highest BCUT2D eigenvalue weighted by Crippen LogP contribution is 2.20. The Morgan fingerprint density at radius 3 is 2.77 bits per heavy atom. The molecule has 4 nitrogen and oxygen atoms in total. The average molecular weight is 243 g/mol. The van der Waals surface area contributed by atoms with Crippen molar-refractivity contribution >= 4 is 27.7 Å². The van der Waals surface area contributed by atoms with Crippen molar-refractivity contribution in [2.24, 2.45) is 0 Å². The van der Waals surface area contributed by atoms with E-state index in [4.69, 9.17) is 0 Å². The molecule has 13 heavy (non-hydrogen) atoms. The van der Waals surface area contributed by atoms with Crippen LogP contribution in [0.4, 0.5) is 0 Å². The van der Waals surface area contributed by atoms with Gasteiger partial charge in [-0.15, -0.1) is 0 Å². The zero-order valence-electron chi connectivity index (χ0n) is 6.95. The second kappa shape index (κ2) is 2.70. The maximum absolute atomic E-state index is 11.5. The number of imide groups is 1. The lowest BCUT2D eigenvalue weighted by molar-refractivity contribution is -0.129. The van der Waals surface area contributed by atoms with Gasteiger partial charge in [-0.05, 0) is 28.1 Å². The largest absolute Gasteiger partial charge is 0.322 e. The van der Waals surface area contributed by atoms with Crippen LogP contribution in [0.25, 0.3) is 0 Å². The highest BCUT2D eigenvalue weighted by molar-refractivity contribution is 9.10. The quantitative estimate of drug-likeness (QED) is 0.634. The van der Waals surface area contributed by atoms with Gasteiger partial charge in [-0.2, -0.15) is 0 Å². The molecule has 0 atom stereocenters. The van der Waals surface area contributed by atoms with Crippen LogP contribution >= 0.6 is 15.9 Å². The molecule has 0 unspecified atom stereocenters. The predicted octanol–water partition coefficient (Wildman–Crippen LogP) is 0.863. The second-order valence-electron chi connectivity index (χ2n) is 2.89. The van der Waals surface area contributed by atoms with Gasteiger partial charge in [0.25, 0.3) is 5.91 Å². The molecule has 0 aromatic carbocycles. The fourth-order valence-electron chi connectivity index (χ4n) is 1.32. The van der Waals surface area contributed by atoms with Gasteiger partial charge in [0, 0.05) is 7.05 Å². The number of rotatable bonds is 0. The van der Waals surface area contributed by atoms with E-state index in [1.807, 2.05) is 0 Å². The van der Waals surface area contributed by atoms with Crippen molar-refractivity contribution < 1.29 is 9.59 Å². The molecule has 1 aromatic rings. The second-order valence-corrected chi connectivity index (χ2v) is 3.70. The summed E-state index contributed by atoms with van der Waals surface area (Å²) >= 11 is 3.27. The minimum absolute atomic E-state index is 0.186. The minimum atomic E-state index is -0.248. The molecule has 0 saturated carbocycles. The van der Waals surface area contributed by atoms with Crippen molar-refractivity contribution in [3.05, 3.63) is 22.4 Å². The number of amides is 2. The first kappa shape index (κ1) is 8.50. The lowest BCUT2D eigenvalue weighted by Crippen LogP contribution is -2.41. The Morgan fingerprint density at radius 2 is 2.08 bits per heavy atom. The van der Waals surface area contributed by atoms with Crippen LogP contribution in [0.2, 0.25) is 0 Å². The molecule has 1 aliphatic heterocycles. The highest BCUT2D eigenvalue weighted by atomic mass is 79.9. The van der Waals surface area contributed by atoms with E-state index in [2.05, 4.69) is 15.9 Å². The molecule has 2 amide bonds. The zero-order valence-corrected chi connectivity index (χ0v) is 8.54. The number of halogens is 1. The molecule has 0 saturated heterocycles.